The summed E-state index contributed by atoms with van der Waals surface area (Å²) >= 11 is 7.47. The first-order valence-electron chi connectivity index (χ1n) is 12.9. The monoisotopic (exact) mass is 626 g/mol. The SMILES string of the molecule is Cc1ccc(S(=O)(=O)n2c(-c3cccc(-c4ccc(C(=O)O)c(Cl)c4)c3)c(-c3ccsc3C#N)c3cc(F)ccc32)cc1. The van der Waals surface area contributed by atoms with E-state index in [1.54, 1.807) is 53.9 Å². The highest BCUT2D eigenvalue weighted by molar-refractivity contribution is 7.90. The summed E-state index contributed by atoms with van der Waals surface area (Å²) in [6.45, 7) is 1.86. The summed E-state index contributed by atoms with van der Waals surface area (Å²) in [7, 11) is -4.23. The molecule has 0 saturated carbocycles. The lowest BCUT2D eigenvalue weighted by Crippen LogP contribution is -2.14. The van der Waals surface area contributed by atoms with Crippen LogP contribution in [0.2, 0.25) is 5.02 Å². The zero-order chi connectivity index (χ0) is 30.5. The van der Waals surface area contributed by atoms with Gasteiger partial charge in [-0.2, -0.15) is 5.26 Å². The molecule has 0 radical (unpaired) electrons. The molecule has 0 atom stereocenters. The molecule has 2 aromatic heterocycles. The van der Waals surface area contributed by atoms with Crippen molar-refractivity contribution in [3.63, 3.8) is 0 Å². The van der Waals surface area contributed by atoms with Gasteiger partial charge in [0.05, 0.1) is 26.7 Å². The Bertz CT molecular complexity index is 2230. The normalized spacial score (nSPS) is 11.5. The molecule has 0 bridgehead atoms. The second-order valence-electron chi connectivity index (χ2n) is 9.82. The first-order chi connectivity index (χ1) is 20.6. The fourth-order valence-electron chi connectivity index (χ4n) is 5.14. The number of nitriles is 1. The average molecular weight is 627 g/mol. The number of hydrogen-bond acceptors (Lipinski definition) is 5. The van der Waals surface area contributed by atoms with Gasteiger partial charge in [-0.15, -0.1) is 11.3 Å². The third-order valence-corrected chi connectivity index (χ3v) is 10.0. The highest BCUT2D eigenvalue weighted by Crippen LogP contribution is 2.46. The molecular weight excluding hydrogens is 607 g/mol. The number of halogens is 2. The predicted octanol–water partition coefficient (Wildman–Crippen LogP) is 8.61. The molecule has 10 heteroatoms. The van der Waals surface area contributed by atoms with Crippen LogP contribution in [0.1, 0.15) is 20.8 Å². The standard InChI is InChI=1S/C33H20ClFN2O4S2/c1-19-5-9-24(10-6-19)43(40,41)37-29-12-8-23(35)17-27(29)31(26-13-14-42-30(26)18-36)32(37)22-4-2-3-20(15-22)21-7-11-25(33(38)39)28(34)16-21/h2-17H,1H3,(H,38,39). The van der Waals surface area contributed by atoms with Crippen molar-refractivity contribution in [2.24, 2.45) is 0 Å². The lowest BCUT2D eigenvalue weighted by atomic mass is 9.96. The highest BCUT2D eigenvalue weighted by atomic mass is 35.5. The number of aromatic nitrogens is 1. The van der Waals surface area contributed by atoms with Crippen LogP contribution in [0.15, 0.2) is 101 Å². The number of carbonyl (C=O) groups is 1. The number of aromatic carboxylic acids is 1. The Kier molecular flexibility index (Phi) is 7.14. The van der Waals surface area contributed by atoms with Gasteiger partial charge >= 0.3 is 5.97 Å². The van der Waals surface area contributed by atoms with Gasteiger partial charge in [0.25, 0.3) is 10.0 Å². The first-order valence-corrected chi connectivity index (χ1v) is 15.6. The zero-order valence-electron chi connectivity index (χ0n) is 22.4. The molecule has 0 amide bonds. The van der Waals surface area contributed by atoms with Gasteiger partial charge in [0.15, 0.2) is 0 Å². The molecule has 6 aromatic rings. The number of hydrogen-bond donors (Lipinski definition) is 1. The molecule has 43 heavy (non-hydrogen) atoms. The number of carboxylic acid groups (broad SMARTS) is 1. The molecule has 2 heterocycles. The van der Waals surface area contributed by atoms with E-state index in [1.165, 1.54) is 57.8 Å². The van der Waals surface area contributed by atoms with E-state index >= 15 is 0 Å². The van der Waals surface area contributed by atoms with Crippen LogP contribution < -0.4 is 0 Å². The lowest BCUT2D eigenvalue weighted by molar-refractivity contribution is 0.0697. The Labute approximate surface area is 255 Å². The van der Waals surface area contributed by atoms with Crippen molar-refractivity contribution < 1.29 is 22.7 Å². The number of benzene rings is 4. The van der Waals surface area contributed by atoms with E-state index in [9.17, 15) is 28.0 Å². The molecule has 0 aliphatic rings. The Morgan fingerprint density at radius 3 is 2.37 bits per heavy atom. The maximum atomic E-state index is 14.8. The number of rotatable bonds is 6. The van der Waals surface area contributed by atoms with Gasteiger partial charge in [-0.1, -0.05) is 53.6 Å². The van der Waals surface area contributed by atoms with Gasteiger partial charge < -0.3 is 5.11 Å². The summed E-state index contributed by atoms with van der Waals surface area (Å²) in [5.74, 6) is -1.71. The summed E-state index contributed by atoms with van der Waals surface area (Å²) in [5, 5.41) is 21.4. The van der Waals surface area contributed by atoms with Gasteiger partial charge in [-0.05, 0) is 78.0 Å². The Hall–Kier alpha value is -4.75. The Morgan fingerprint density at radius 1 is 0.953 bits per heavy atom. The molecule has 4 aromatic carbocycles. The zero-order valence-corrected chi connectivity index (χ0v) is 24.8. The molecule has 0 fully saturated rings. The third kappa shape index (κ3) is 4.89. The minimum atomic E-state index is -4.23. The van der Waals surface area contributed by atoms with Crippen LogP contribution in [0, 0.1) is 24.1 Å². The van der Waals surface area contributed by atoms with E-state index < -0.39 is 21.8 Å². The number of thiophene rings is 1. The second kappa shape index (κ2) is 10.8. The quantitative estimate of drug-likeness (QED) is 0.199. The van der Waals surface area contributed by atoms with Gasteiger partial charge in [0, 0.05) is 22.1 Å². The third-order valence-electron chi connectivity index (χ3n) is 7.15. The first kappa shape index (κ1) is 28.4. The van der Waals surface area contributed by atoms with Gasteiger partial charge in [-0.3, -0.25) is 0 Å². The van der Waals surface area contributed by atoms with E-state index in [4.69, 9.17) is 11.6 Å². The second-order valence-corrected chi connectivity index (χ2v) is 12.9. The van der Waals surface area contributed by atoms with Crippen LogP contribution in [0.3, 0.4) is 0 Å². The van der Waals surface area contributed by atoms with E-state index in [0.717, 1.165) is 5.56 Å². The van der Waals surface area contributed by atoms with Crippen molar-refractivity contribution >= 4 is 49.8 Å². The smallest absolute Gasteiger partial charge is 0.337 e. The van der Waals surface area contributed by atoms with Crippen LogP contribution >= 0.6 is 22.9 Å². The summed E-state index contributed by atoms with van der Waals surface area (Å²) < 4.78 is 44.8. The fraction of sp³-hybridized carbons (Fsp3) is 0.0303. The van der Waals surface area contributed by atoms with Crippen LogP contribution in [0.25, 0.3) is 44.4 Å². The number of fused-ring (bicyclic) bond motifs is 1. The topological polar surface area (TPSA) is 100 Å². The largest absolute Gasteiger partial charge is 0.478 e. The number of nitrogens with zero attached hydrogens (tertiary/aromatic N) is 2. The Morgan fingerprint density at radius 2 is 1.67 bits per heavy atom. The molecule has 6 rings (SSSR count). The highest BCUT2D eigenvalue weighted by Gasteiger charge is 2.30. The fourth-order valence-corrected chi connectivity index (χ4v) is 7.64. The van der Waals surface area contributed by atoms with E-state index in [2.05, 4.69) is 6.07 Å². The number of carboxylic acids is 1. The lowest BCUT2D eigenvalue weighted by Gasteiger charge is -2.15. The average Bonchev–Trinajstić information content (AvgIpc) is 3.59. The summed E-state index contributed by atoms with van der Waals surface area (Å²) in [5.41, 5.74) is 3.97. The summed E-state index contributed by atoms with van der Waals surface area (Å²) in [6.07, 6.45) is 0. The van der Waals surface area contributed by atoms with Crippen molar-refractivity contribution in [3.05, 3.63) is 123 Å². The van der Waals surface area contributed by atoms with Gasteiger partial charge in [-0.25, -0.2) is 21.6 Å². The van der Waals surface area contributed by atoms with Gasteiger partial charge in [0.2, 0.25) is 0 Å². The maximum Gasteiger partial charge on any atom is 0.337 e. The Balaban J connectivity index is 1.71. The minimum Gasteiger partial charge on any atom is -0.478 e. The predicted molar refractivity (Wildman–Crippen MR) is 167 cm³/mol. The number of aryl methyl sites for hydroxylation is 1. The van der Waals surface area contributed by atoms with Crippen molar-refractivity contribution in [2.75, 3.05) is 0 Å². The molecule has 212 valence electrons. The molecule has 0 aliphatic heterocycles. The van der Waals surface area contributed by atoms with E-state index in [1.807, 2.05) is 6.92 Å². The van der Waals surface area contributed by atoms with Crippen molar-refractivity contribution in [3.8, 4) is 39.6 Å². The molecule has 0 spiro atoms. The van der Waals surface area contributed by atoms with E-state index in [0.29, 0.717) is 38.1 Å². The van der Waals surface area contributed by atoms with Crippen molar-refractivity contribution in [1.82, 2.24) is 3.97 Å². The van der Waals surface area contributed by atoms with Crippen LogP contribution in [-0.4, -0.2) is 23.5 Å². The van der Waals surface area contributed by atoms with Crippen LogP contribution in [0.5, 0.6) is 0 Å². The summed E-state index contributed by atoms with van der Waals surface area (Å²) in [4.78, 5) is 11.9. The maximum absolute atomic E-state index is 14.8. The molecule has 0 unspecified atom stereocenters. The summed E-state index contributed by atoms with van der Waals surface area (Å²) in [6, 6.07) is 25.9. The molecule has 1 N–H and O–H groups in total. The molecule has 6 nitrogen and oxygen atoms in total. The van der Waals surface area contributed by atoms with Crippen molar-refractivity contribution in [1.29, 1.82) is 5.26 Å². The van der Waals surface area contributed by atoms with Crippen LogP contribution in [-0.2, 0) is 10.0 Å². The van der Waals surface area contributed by atoms with E-state index in [-0.39, 0.29) is 26.7 Å². The van der Waals surface area contributed by atoms with Gasteiger partial charge in [0.1, 0.15) is 16.8 Å². The molecule has 0 saturated heterocycles. The molecule has 0 aliphatic carbocycles. The minimum absolute atomic E-state index is 0.0447. The van der Waals surface area contributed by atoms with Crippen molar-refractivity contribution in [2.45, 2.75) is 11.8 Å². The van der Waals surface area contributed by atoms with Crippen LogP contribution in [0.4, 0.5) is 4.39 Å². The molecular formula is C33H20ClFN2O4S2.